The van der Waals surface area contributed by atoms with Gasteiger partial charge in [0.1, 0.15) is 0 Å². The number of halogens is 1. The summed E-state index contributed by atoms with van der Waals surface area (Å²) < 4.78 is 0. The van der Waals surface area contributed by atoms with Crippen molar-refractivity contribution in [2.45, 2.75) is 53.0 Å². The maximum Gasteiger partial charge on any atom is 0.220 e. The van der Waals surface area contributed by atoms with E-state index in [1.165, 1.54) is 11.1 Å². The maximum atomic E-state index is 12.1. The lowest BCUT2D eigenvalue weighted by Crippen LogP contribution is -2.44. The van der Waals surface area contributed by atoms with E-state index in [0.717, 1.165) is 18.2 Å². The van der Waals surface area contributed by atoms with Gasteiger partial charge in [-0.3, -0.25) is 4.79 Å². The van der Waals surface area contributed by atoms with Crippen LogP contribution in [0, 0.1) is 12.3 Å². The van der Waals surface area contributed by atoms with Crippen LogP contribution >= 0.6 is 15.9 Å². The first-order valence-corrected chi connectivity index (χ1v) is 8.36. The molecule has 0 saturated carbocycles. The van der Waals surface area contributed by atoms with Crippen molar-refractivity contribution in [1.82, 2.24) is 5.32 Å². The van der Waals surface area contributed by atoms with E-state index in [0.29, 0.717) is 6.42 Å². The van der Waals surface area contributed by atoms with Crippen LogP contribution in [-0.2, 0) is 11.2 Å². The second-order valence-corrected chi connectivity index (χ2v) is 7.24. The van der Waals surface area contributed by atoms with Gasteiger partial charge in [0.25, 0.3) is 0 Å². The van der Waals surface area contributed by atoms with Gasteiger partial charge in [0, 0.05) is 17.8 Å². The molecule has 0 fully saturated rings. The van der Waals surface area contributed by atoms with E-state index in [1.54, 1.807) is 0 Å². The maximum absolute atomic E-state index is 12.1. The Hall–Kier alpha value is -0.830. The Bertz CT molecular complexity index is 420. The zero-order chi connectivity index (χ0) is 15.2. The first-order valence-electron chi connectivity index (χ1n) is 7.24. The van der Waals surface area contributed by atoms with Crippen molar-refractivity contribution < 1.29 is 4.79 Å². The third-order valence-electron chi connectivity index (χ3n) is 3.54. The number of aryl methyl sites for hydroxylation is 2. The zero-order valence-electron chi connectivity index (χ0n) is 13.0. The van der Waals surface area contributed by atoms with Crippen molar-refractivity contribution in [3.63, 3.8) is 0 Å². The fourth-order valence-corrected chi connectivity index (χ4v) is 2.57. The van der Waals surface area contributed by atoms with Gasteiger partial charge in [0.15, 0.2) is 0 Å². The Morgan fingerprint density at radius 2 is 1.85 bits per heavy atom. The molecule has 1 rings (SSSR count). The van der Waals surface area contributed by atoms with Gasteiger partial charge >= 0.3 is 0 Å². The van der Waals surface area contributed by atoms with Crippen molar-refractivity contribution in [2.75, 3.05) is 5.33 Å². The highest BCUT2D eigenvalue weighted by molar-refractivity contribution is 9.09. The molecule has 1 unspecified atom stereocenters. The van der Waals surface area contributed by atoms with E-state index in [9.17, 15) is 4.79 Å². The van der Waals surface area contributed by atoms with Gasteiger partial charge in [0.05, 0.1) is 0 Å². The van der Waals surface area contributed by atoms with E-state index in [4.69, 9.17) is 0 Å². The summed E-state index contributed by atoms with van der Waals surface area (Å²) in [6.45, 7) is 8.58. The summed E-state index contributed by atoms with van der Waals surface area (Å²) in [4.78, 5) is 12.1. The molecule has 1 N–H and O–H groups in total. The molecule has 0 aliphatic rings. The lowest BCUT2D eigenvalue weighted by molar-refractivity contribution is -0.122. The van der Waals surface area contributed by atoms with Crippen molar-refractivity contribution in [3.8, 4) is 0 Å². The van der Waals surface area contributed by atoms with E-state index >= 15 is 0 Å². The van der Waals surface area contributed by atoms with Crippen molar-refractivity contribution >= 4 is 21.8 Å². The molecule has 0 radical (unpaired) electrons. The van der Waals surface area contributed by atoms with Gasteiger partial charge in [0.2, 0.25) is 5.91 Å². The summed E-state index contributed by atoms with van der Waals surface area (Å²) in [6.07, 6.45) is 2.31. The first kappa shape index (κ1) is 17.2. The highest BCUT2D eigenvalue weighted by atomic mass is 79.9. The topological polar surface area (TPSA) is 29.1 Å². The molecule has 1 atom stereocenters. The number of hydrogen-bond donors (Lipinski definition) is 1. The molecule has 0 bridgehead atoms. The molecule has 112 valence electrons. The Morgan fingerprint density at radius 3 is 2.35 bits per heavy atom. The van der Waals surface area contributed by atoms with Crippen LogP contribution in [0.5, 0.6) is 0 Å². The van der Waals surface area contributed by atoms with E-state index in [1.807, 2.05) is 0 Å². The molecule has 20 heavy (non-hydrogen) atoms. The molecule has 3 heteroatoms. The smallest absolute Gasteiger partial charge is 0.220 e. The van der Waals surface area contributed by atoms with Crippen LogP contribution in [0.4, 0.5) is 0 Å². The minimum Gasteiger partial charge on any atom is -0.353 e. The Labute approximate surface area is 131 Å². The van der Waals surface area contributed by atoms with Gasteiger partial charge in [-0.05, 0) is 30.7 Å². The molecule has 0 heterocycles. The van der Waals surface area contributed by atoms with Crippen LogP contribution in [0.2, 0.25) is 0 Å². The monoisotopic (exact) mass is 339 g/mol. The SMILES string of the molecule is Cc1ccc(CCC(=O)NC(CCBr)C(C)(C)C)cc1. The molecular formula is C17H26BrNO. The molecule has 1 amide bonds. The van der Waals surface area contributed by atoms with Crippen molar-refractivity contribution in [1.29, 1.82) is 0 Å². The molecule has 2 nitrogen and oxygen atoms in total. The van der Waals surface area contributed by atoms with Gasteiger partial charge in [-0.25, -0.2) is 0 Å². The van der Waals surface area contributed by atoms with E-state index < -0.39 is 0 Å². The number of amides is 1. The molecule has 1 aromatic rings. The van der Waals surface area contributed by atoms with E-state index in [2.05, 4.69) is 73.2 Å². The number of rotatable bonds is 6. The number of carbonyl (C=O) groups excluding carboxylic acids is 1. The first-order chi connectivity index (χ1) is 9.32. The standard InChI is InChI=1S/C17H26BrNO/c1-13-5-7-14(8-6-13)9-10-16(20)19-15(11-12-18)17(2,3)4/h5-8,15H,9-12H2,1-4H3,(H,19,20). The zero-order valence-corrected chi connectivity index (χ0v) is 14.6. The predicted molar refractivity (Wildman–Crippen MR) is 89.3 cm³/mol. The second kappa shape index (κ2) is 7.82. The lowest BCUT2D eigenvalue weighted by atomic mass is 9.85. The van der Waals surface area contributed by atoms with Gasteiger partial charge in [-0.15, -0.1) is 0 Å². The normalized spacial score (nSPS) is 13.1. The fraction of sp³-hybridized carbons (Fsp3) is 0.588. The van der Waals surface area contributed by atoms with Crippen LogP contribution in [0.15, 0.2) is 24.3 Å². The van der Waals surface area contributed by atoms with Crippen LogP contribution < -0.4 is 5.32 Å². The Morgan fingerprint density at radius 1 is 1.25 bits per heavy atom. The Balaban J connectivity index is 2.47. The molecule has 0 aliphatic heterocycles. The average molecular weight is 340 g/mol. The quantitative estimate of drug-likeness (QED) is 0.771. The molecule has 0 saturated heterocycles. The minimum atomic E-state index is 0.0906. The molecular weight excluding hydrogens is 314 g/mol. The predicted octanol–water partition coefficient (Wildman–Crippen LogP) is 4.24. The number of benzene rings is 1. The number of nitrogens with one attached hydrogen (secondary N) is 1. The minimum absolute atomic E-state index is 0.0906. The van der Waals surface area contributed by atoms with Gasteiger partial charge < -0.3 is 5.32 Å². The summed E-state index contributed by atoms with van der Waals surface area (Å²) >= 11 is 3.46. The summed E-state index contributed by atoms with van der Waals surface area (Å²) in [6, 6.07) is 8.60. The molecule has 0 spiro atoms. The Kier molecular flexibility index (Phi) is 6.74. The lowest BCUT2D eigenvalue weighted by Gasteiger charge is -2.31. The van der Waals surface area contributed by atoms with Crippen LogP contribution in [0.1, 0.15) is 44.7 Å². The van der Waals surface area contributed by atoms with Crippen LogP contribution in [-0.4, -0.2) is 17.3 Å². The summed E-state index contributed by atoms with van der Waals surface area (Å²) in [5.41, 5.74) is 2.56. The van der Waals surface area contributed by atoms with Crippen LogP contribution in [0.3, 0.4) is 0 Å². The van der Waals surface area contributed by atoms with E-state index in [-0.39, 0.29) is 17.4 Å². The van der Waals surface area contributed by atoms with Crippen molar-refractivity contribution in [2.24, 2.45) is 5.41 Å². The number of hydrogen-bond acceptors (Lipinski definition) is 1. The third kappa shape index (κ3) is 6.08. The molecule has 1 aromatic carbocycles. The number of carbonyl (C=O) groups is 1. The third-order valence-corrected chi connectivity index (χ3v) is 4.00. The van der Waals surface area contributed by atoms with Gasteiger partial charge in [-0.2, -0.15) is 0 Å². The summed E-state index contributed by atoms with van der Waals surface area (Å²) in [7, 11) is 0. The highest BCUT2D eigenvalue weighted by Gasteiger charge is 2.25. The van der Waals surface area contributed by atoms with Gasteiger partial charge in [-0.1, -0.05) is 66.5 Å². The number of alkyl halides is 1. The summed E-state index contributed by atoms with van der Waals surface area (Å²) in [5, 5.41) is 4.08. The average Bonchev–Trinajstić information content (AvgIpc) is 2.36. The molecule has 0 aromatic heterocycles. The summed E-state index contributed by atoms with van der Waals surface area (Å²) in [5.74, 6) is 0.145. The highest BCUT2D eigenvalue weighted by Crippen LogP contribution is 2.22. The van der Waals surface area contributed by atoms with Crippen molar-refractivity contribution in [3.05, 3.63) is 35.4 Å². The molecule has 0 aliphatic carbocycles. The largest absolute Gasteiger partial charge is 0.353 e. The fourth-order valence-electron chi connectivity index (χ4n) is 2.11. The van der Waals surface area contributed by atoms with Crippen LogP contribution in [0.25, 0.3) is 0 Å². The second-order valence-electron chi connectivity index (χ2n) is 6.45.